The van der Waals surface area contributed by atoms with Crippen LogP contribution in [0.4, 0.5) is 17.3 Å². The third-order valence-corrected chi connectivity index (χ3v) is 8.96. The molecule has 0 unspecified atom stereocenters. The molecule has 0 saturated carbocycles. The van der Waals surface area contributed by atoms with Crippen molar-refractivity contribution in [3.05, 3.63) is 81.6 Å². The van der Waals surface area contributed by atoms with Crippen LogP contribution in [0.2, 0.25) is 10.0 Å². The number of anilines is 3. The minimum atomic E-state index is 0.0467. The highest BCUT2D eigenvalue weighted by molar-refractivity contribution is 7.19. The Morgan fingerprint density at radius 2 is 1.90 bits per heavy atom. The molecular formula is C28H27Cl2N7OS. The molecule has 0 bridgehead atoms. The third kappa shape index (κ3) is 5.72. The van der Waals surface area contributed by atoms with Crippen LogP contribution in [0.5, 0.6) is 0 Å². The second kappa shape index (κ2) is 11.5. The van der Waals surface area contributed by atoms with Gasteiger partial charge in [-0.25, -0.2) is 15.0 Å². The lowest BCUT2D eigenvalue weighted by Gasteiger charge is -2.34. The molecule has 0 radical (unpaired) electrons. The van der Waals surface area contributed by atoms with Gasteiger partial charge in [0.25, 0.3) is 0 Å². The van der Waals surface area contributed by atoms with E-state index in [0.717, 1.165) is 71.6 Å². The number of pyridine rings is 1. The van der Waals surface area contributed by atoms with Gasteiger partial charge >= 0.3 is 0 Å². The van der Waals surface area contributed by atoms with Crippen molar-refractivity contribution in [1.82, 2.24) is 24.8 Å². The smallest absolute Gasteiger partial charge is 0.246 e. The van der Waals surface area contributed by atoms with Crippen LogP contribution in [-0.2, 0) is 17.8 Å². The summed E-state index contributed by atoms with van der Waals surface area (Å²) in [4.78, 5) is 35.1. The van der Waals surface area contributed by atoms with Crippen molar-refractivity contribution in [2.45, 2.75) is 13.0 Å². The maximum absolute atomic E-state index is 13.0. The van der Waals surface area contributed by atoms with Crippen molar-refractivity contribution in [2.24, 2.45) is 0 Å². The van der Waals surface area contributed by atoms with Gasteiger partial charge < -0.3 is 15.1 Å². The van der Waals surface area contributed by atoms with E-state index in [1.807, 2.05) is 35.4 Å². The Bertz CT molecular complexity index is 1520. The topological polar surface area (TPSA) is 77.5 Å². The van der Waals surface area contributed by atoms with Crippen LogP contribution in [0.3, 0.4) is 0 Å². The van der Waals surface area contributed by atoms with Crippen LogP contribution in [0, 0.1) is 0 Å². The fraction of sp³-hybridized carbons (Fsp3) is 0.286. The molecule has 1 amide bonds. The molecule has 1 N–H and O–H groups in total. The van der Waals surface area contributed by atoms with Crippen LogP contribution in [0.1, 0.15) is 10.4 Å². The van der Waals surface area contributed by atoms with Crippen LogP contribution in [0.15, 0.2) is 61.1 Å². The average Bonchev–Trinajstić information content (AvgIpc) is 3.35. The van der Waals surface area contributed by atoms with E-state index in [4.69, 9.17) is 23.2 Å². The molecule has 8 nitrogen and oxygen atoms in total. The van der Waals surface area contributed by atoms with E-state index >= 15 is 0 Å². The summed E-state index contributed by atoms with van der Waals surface area (Å²) in [5.41, 5.74) is 2.01. The zero-order valence-electron chi connectivity index (χ0n) is 21.2. The fourth-order valence-electron chi connectivity index (χ4n) is 5.03. The Hall–Kier alpha value is -3.24. The molecule has 2 aliphatic heterocycles. The normalized spacial score (nSPS) is 16.2. The summed E-state index contributed by atoms with van der Waals surface area (Å²) in [6, 6.07) is 11.4. The SMILES string of the molecule is O=C(C=CCN1CCN(c2ccccn2)CC1)N1CCc2c(sc3ncnc(Nc4ccc(Cl)c(Cl)c4)c23)C1. The van der Waals surface area contributed by atoms with Gasteiger partial charge in [0.2, 0.25) is 5.91 Å². The Labute approximate surface area is 240 Å². The van der Waals surface area contributed by atoms with Crippen molar-refractivity contribution in [2.75, 3.05) is 49.5 Å². The van der Waals surface area contributed by atoms with E-state index in [1.165, 1.54) is 5.56 Å². The van der Waals surface area contributed by atoms with Crippen molar-refractivity contribution in [1.29, 1.82) is 0 Å². The van der Waals surface area contributed by atoms with Crippen LogP contribution < -0.4 is 10.2 Å². The number of piperazine rings is 1. The molecule has 0 aliphatic carbocycles. The first-order chi connectivity index (χ1) is 19.0. The summed E-state index contributed by atoms with van der Waals surface area (Å²) >= 11 is 13.9. The van der Waals surface area contributed by atoms with Gasteiger partial charge in [0.05, 0.1) is 22.0 Å². The number of aromatic nitrogens is 3. The zero-order chi connectivity index (χ0) is 26.8. The Morgan fingerprint density at radius 3 is 2.69 bits per heavy atom. The zero-order valence-corrected chi connectivity index (χ0v) is 23.5. The molecule has 6 rings (SSSR count). The molecule has 1 fully saturated rings. The van der Waals surface area contributed by atoms with Gasteiger partial charge in [0.15, 0.2) is 0 Å². The molecule has 1 saturated heterocycles. The van der Waals surface area contributed by atoms with Crippen molar-refractivity contribution >= 4 is 68.0 Å². The molecule has 0 atom stereocenters. The highest BCUT2D eigenvalue weighted by atomic mass is 35.5. The van der Waals surface area contributed by atoms with Gasteiger partial charge in [-0.05, 0) is 42.3 Å². The average molecular weight is 581 g/mol. The number of thiophene rings is 1. The molecule has 0 spiro atoms. The van der Waals surface area contributed by atoms with Gasteiger partial charge in [-0.1, -0.05) is 35.3 Å². The standard InChI is InChI=1S/C28H27Cl2N7OS/c29-21-7-6-19(16-22(21)30)34-27-26-20-8-11-37(17-23(20)39-28(26)33-18-32-27)25(38)5-3-10-35-12-14-36(15-13-35)24-4-1-2-9-31-24/h1-7,9,16,18H,8,10-15,17H2,(H,32,33,34). The van der Waals surface area contributed by atoms with Crippen molar-refractivity contribution in [3.8, 4) is 0 Å². The number of carbonyl (C=O) groups excluding carboxylic acids is 1. The Morgan fingerprint density at radius 1 is 1.03 bits per heavy atom. The largest absolute Gasteiger partial charge is 0.354 e. The Kier molecular flexibility index (Phi) is 7.65. The first kappa shape index (κ1) is 26.0. The number of fused-ring (bicyclic) bond motifs is 3. The second-order valence-electron chi connectivity index (χ2n) is 9.55. The van der Waals surface area contributed by atoms with Gasteiger partial charge in [0, 0.05) is 62.1 Å². The van der Waals surface area contributed by atoms with E-state index in [0.29, 0.717) is 23.1 Å². The lowest BCUT2D eigenvalue weighted by atomic mass is 10.0. The first-order valence-corrected chi connectivity index (χ1v) is 14.4. The van der Waals surface area contributed by atoms with Crippen LogP contribution in [0.25, 0.3) is 10.2 Å². The number of amides is 1. The monoisotopic (exact) mass is 579 g/mol. The Balaban J connectivity index is 1.07. The fourth-order valence-corrected chi connectivity index (χ4v) is 6.53. The number of nitrogens with one attached hydrogen (secondary N) is 1. The maximum Gasteiger partial charge on any atom is 0.246 e. The summed E-state index contributed by atoms with van der Waals surface area (Å²) < 4.78 is 0. The highest BCUT2D eigenvalue weighted by Gasteiger charge is 2.26. The number of rotatable bonds is 6. The van der Waals surface area contributed by atoms with E-state index in [2.05, 4.69) is 36.1 Å². The minimum Gasteiger partial charge on any atom is -0.354 e. The molecule has 39 heavy (non-hydrogen) atoms. The maximum atomic E-state index is 13.0. The lowest BCUT2D eigenvalue weighted by Crippen LogP contribution is -2.46. The number of nitrogens with zero attached hydrogens (tertiary/aromatic N) is 6. The van der Waals surface area contributed by atoms with Gasteiger partial charge in [-0.2, -0.15) is 0 Å². The summed E-state index contributed by atoms with van der Waals surface area (Å²) in [5, 5.41) is 5.36. The molecule has 1 aromatic carbocycles. The first-order valence-electron chi connectivity index (χ1n) is 12.9. The predicted octanol–water partition coefficient (Wildman–Crippen LogP) is 5.40. The quantitative estimate of drug-likeness (QED) is 0.306. The van der Waals surface area contributed by atoms with E-state index < -0.39 is 0 Å². The molecule has 2 aliphatic rings. The van der Waals surface area contributed by atoms with Gasteiger partial charge in [-0.3, -0.25) is 9.69 Å². The molecule has 5 heterocycles. The van der Waals surface area contributed by atoms with E-state index in [-0.39, 0.29) is 5.91 Å². The number of halogens is 2. The summed E-state index contributed by atoms with van der Waals surface area (Å²) in [5.74, 6) is 1.81. The molecule has 4 aromatic rings. The number of hydrogen-bond acceptors (Lipinski definition) is 8. The molecule has 3 aromatic heterocycles. The van der Waals surface area contributed by atoms with Crippen LogP contribution in [-0.4, -0.2) is 69.9 Å². The third-order valence-electron chi connectivity index (χ3n) is 7.10. The number of carbonyl (C=O) groups is 1. The number of hydrogen-bond donors (Lipinski definition) is 1. The van der Waals surface area contributed by atoms with Crippen molar-refractivity contribution in [3.63, 3.8) is 0 Å². The van der Waals surface area contributed by atoms with E-state index in [1.54, 1.807) is 35.9 Å². The van der Waals surface area contributed by atoms with Gasteiger partial charge in [-0.15, -0.1) is 11.3 Å². The molecule has 200 valence electrons. The predicted molar refractivity (Wildman–Crippen MR) is 158 cm³/mol. The number of benzene rings is 1. The van der Waals surface area contributed by atoms with Crippen molar-refractivity contribution < 1.29 is 4.79 Å². The molecule has 11 heteroatoms. The summed E-state index contributed by atoms with van der Waals surface area (Å²) in [6.45, 7) is 5.77. The van der Waals surface area contributed by atoms with Crippen LogP contribution >= 0.6 is 34.5 Å². The van der Waals surface area contributed by atoms with Gasteiger partial charge in [0.1, 0.15) is 22.8 Å². The summed E-state index contributed by atoms with van der Waals surface area (Å²) in [7, 11) is 0. The molecular weight excluding hydrogens is 553 g/mol. The highest BCUT2D eigenvalue weighted by Crippen LogP contribution is 2.38. The minimum absolute atomic E-state index is 0.0467. The van der Waals surface area contributed by atoms with E-state index in [9.17, 15) is 4.79 Å². The second-order valence-corrected chi connectivity index (χ2v) is 11.4. The summed E-state index contributed by atoms with van der Waals surface area (Å²) in [6.07, 6.45) is 7.86. The lowest BCUT2D eigenvalue weighted by molar-refractivity contribution is -0.126.